The summed E-state index contributed by atoms with van der Waals surface area (Å²) in [6, 6.07) is 8.10. The van der Waals surface area contributed by atoms with Gasteiger partial charge in [0.05, 0.1) is 0 Å². The molecule has 0 aromatic heterocycles. The third-order valence-electron chi connectivity index (χ3n) is 3.57. The van der Waals surface area contributed by atoms with Crippen LogP contribution < -0.4 is 16.0 Å². The Hall–Kier alpha value is -3.14. The number of carbonyl (C=O) groups excluding carboxylic acids is 1. The van der Waals surface area contributed by atoms with Crippen LogP contribution in [0.1, 0.15) is 38.2 Å². The van der Waals surface area contributed by atoms with E-state index in [2.05, 4.69) is 16.0 Å². The van der Waals surface area contributed by atoms with Crippen molar-refractivity contribution in [3.63, 3.8) is 0 Å². The molecule has 1 atom stereocenters. The molecule has 1 aromatic carbocycles. The molecule has 1 aromatic rings. The van der Waals surface area contributed by atoms with E-state index in [-0.39, 0.29) is 12.8 Å². The number of carbonyl (C=O) groups is 4. The minimum absolute atomic E-state index is 0.222. The lowest BCUT2D eigenvalue weighted by atomic mass is 10.1. The quantitative estimate of drug-likeness (QED) is 0.280. The number of aliphatic carboxylic acids is 3. The number of carboxylic acid groups (broad SMARTS) is 3. The van der Waals surface area contributed by atoms with E-state index in [0.717, 1.165) is 19.5 Å². The van der Waals surface area contributed by atoms with E-state index < -0.39 is 36.5 Å². The largest absolute Gasteiger partial charge is 0.481 e. The second kappa shape index (κ2) is 15.9. The highest BCUT2D eigenvalue weighted by Gasteiger charge is 2.19. The first-order valence-electron chi connectivity index (χ1n) is 9.21. The van der Waals surface area contributed by atoms with Crippen LogP contribution in [0, 0.1) is 0 Å². The van der Waals surface area contributed by atoms with E-state index in [1.54, 1.807) is 6.92 Å². The molecule has 0 saturated carbocycles. The average Bonchev–Trinajstić information content (AvgIpc) is 2.69. The van der Waals surface area contributed by atoms with E-state index in [0.29, 0.717) is 6.42 Å². The lowest BCUT2D eigenvalue weighted by Gasteiger charge is -2.14. The van der Waals surface area contributed by atoms with Gasteiger partial charge in [0.25, 0.3) is 0 Å². The van der Waals surface area contributed by atoms with Crippen LogP contribution in [0.5, 0.6) is 0 Å². The van der Waals surface area contributed by atoms with E-state index in [9.17, 15) is 19.2 Å². The van der Waals surface area contributed by atoms with Gasteiger partial charge in [0.1, 0.15) is 12.6 Å². The number of hydrogen-bond acceptors (Lipinski definition) is 5. The van der Waals surface area contributed by atoms with Gasteiger partial charge in [0.2, 0.25) is 0 Å². The van der Waals surface area contributed by atoms with Crippen molar-refractivity contribution in [3.8, 4) is 0 Å². The van der Waals surface area contributed by atoms with E-state index in [1.165, 1.54) is 5.56 Å². The van der Waals surface area contributed by atoms with Crippen LogP contribution in [-0.4, -0.2) is 58.4 Å². The molecule has 0 aliphatic rings. The van der Waals surface area contributed by atoms with Gasteiger partial charge in [-0.3, -0.25) is 9.59 Å². The Morgan fingerprint density at radius 2 is 1.59 bits per heavy atom. The maximum absolute atomic E-state index is 11.4. The fraction of sp³-hybridized carbons (Fsp3) is 0.474. The monoisotopic (exact) mass is 411 g/mol. The first-order valence-corrected chi connectivity index (χ1v) is 9.21. The molecule has 0 saturated heterocycles. The molecule has 6 N–H and O–H groups in total. The molecule has 0 radical (unpaired) electrons. The van der Waals surface area contributed by atoms with Crippen molar-refractivity contribution >= 4 is 23.9 Å². The summed E-state index contributed by atoms with van der Waals surface area (Å²) in [5, 5.41) is 32.8. The third kappa shape index (κ3) is 15.6. The molecule has 0 heterocycles. The van der Waals surface area contributed by atoms with Gasteiger partial charge in [0.15, 0.2) is 0 Å². The number of hydrogen-bond donors (Lipinski definition) is 6. The molecule has 10 heteroatoms. The number of carboxylic acids is 3. The molecule has 0 aliphatic carbocycles. The Morgan fingerprint density at radius 1 is 0.966 bits per heavy atom. The van der Waals surface area contributed by atoms with Gasteiger partial charge < -0.3 is 31.3 Å². The Kier molecular flexibility index (Phi) is 14.2. The number of unbranched alkanes of at least 4 members (excludes halogenated alkanes) is 1. The van der Waals surface area contributed by atoms with Gasteiger partial charge in [-0.1, -0.05) is 37.3 Å². The van der Waals surface area contributed by atoms with E-state index in [4.69, 9.17) is 15.3 Å². The lowest BCUT2D eigenvalue weighted by molar-refractivity contribution is -0.139. The fourth-order valence-corrected chi connectivity index (χ4v) is 2.05. The van der Waals surface area contributed by atoms with Crippen molar-refractivity contribution in [1.82, 2.24) is 16.0 Å². The van der Waals surface area contributed by atoms with Gasteiger partial charge in [-0.25, -0.2) is 9.59 Å². The number of amides is 2. The van der Waals surface area contributed by atoms with Crippen molar-refractivity contribution < 1.29 is 34.5 Å². The first-order chi connectivity index (χ1) is 13.8. The molecular weight excluding hydrogens is 382 g/mol. The van der Waals surface area contributed by atoms with Crippen molar-refractivity contribution in [3.05, 3.63) is 35.9 Å². The van der Waals surface area contributed by atoms with Gasteiger partial charge >= 0.3 is 23.9 Å². The molecule has 0 aliphatic heterocycles. The zero-order valence-electron chi connectivity index (χ0n) is 16.4. The van der Waals surface area contributed by atoms with Gasteiger partial charge in [-0.15, -0.1) is 0 Å². The molecule has 162 valence electrons. The van der Waals surface area contributed by atoms with Crippen LogP contribution in [-0.2, 0) is 20.9 Å². The second-order valence-corrected chi connectivity index (χ2v) is 6.02. The topological polar surface area (TPSA) is 165 Å². The number of urea groups is 1. The molecule has 0 spiro atoms. The summed E-state index contributed by atoms with van der Waals surface area (Å²) in [6.45, 7) is 2.54. The van der Waals surface area contributed by atoms with Crippen molar-refractivity contribution in [2.45, 2.75) is 45.2 Å². The van der Waals surface area contributed by atoms with Crippen molar-refractivity contribution in [2.24, 2.45) is 0 Å². The van der Waals surface area contributed by atoms with Crippen LogP contribution >= 0.6 is 0 Å². The van der Waals surface area contributed by atoms with E-state index >= 15 is 0 Å². The first kappa shape index (κ1) is 25.9. The lowest BCUT2D eigenvalue weighted by Crippen LogP contribution is -2.47. The Bertz CT molecular complexity index is 638. The normalized spacial score (nSPS) is 10.8. The minimum Gasteiger partial charge on any atom is -0.481 e. The molecule has 1 unspecified atom stereocenters. The summed E-state index contributed by atoms with van der Waals surface area (Å²) in [5.41, 5.74) is 1.18. The molecule has 10 nitrogen and oxygen atoms in total. The van der Waals surface area contributed by atoms with Crippen LogP contribution in [0.2, 0.25) is 0 Å². The van der Waals surface area contributed by atoms with Gasteiger partial charge in [-0.2, -0.15) is 0 Å². The molecule has 1 rings (SSSR count). The summed E-state index contributed by atoms with van der Waals surface area (Å²) in [7, 11) is 0. The second-order valence-electron chi connectivity index (χ2n) is 6.02. The molecule has 0 bridgehead atoms. The standard InChI is InChI=1S/C16H23N3O5.C3H6O2/c20-14(21)11-18-16(24)19-13(15(22)23)8-4-5-9-17-10-12-6-2-1-3-7-12;1-2-3(4)5/h1-3,6-7,13,17H,4-5,8-11H2,(H,20,21)(H,22,23)(H2,18,19,24);2H2,1H3,(H,4,5). The average molecular weight is 411 g/mol. The fourth-order valence-electron chi connectivity index (χ4n) is 2.05. The highest BCUT2D eigenvalue weighted by atomic mass is 16.4. The minimum atomic E-state index is -1.19. The predicted octanol–water partition coefficient (Wildman–Crippen LogP) is 1.26. The zero-order valence-corrected chi connectivity index (χ0v) is 16.4. The van der Waals surface area contributed by atoms with Crippen LogP contribution in [0.25, 0.3) is 0 Å². The number of rotatable bonds is 12. The van der Waals surface area contributed by atoms with Crippen LogP contribution in [0.15, 0.2) is 30.3 Å². The molecule has 29 heavy (non-hydrogen) atoms. The SMILES string of the molecule is CCC(=O)O.O=C(O)CNC(=O)NC(CCCCNCc1ccccc1)C(=O)O. The van der Waals surface area contributed by atoms with Gasteiger partial charge in [0, 0.05) is 13.0 Å². The Morgan fingerprint density at radius 3 is 2.10 bits per heavy atom. The summed E-state index contributed by atoms with van der Waals surface area (Å²) in [6.07, 6.45) is 1.90. The maximum Gasteiger partial charge on any atom is 0.326 e. The maximum atomic E-state index is 11.4. The number of benzene rings is 1. The van der Waals surface area contributed by atoms with Gasteiger partial charge in [-0.05, 0) is 31.4 Å². The number of nitrogens with one attached hydrogen (secondary N) is 3. The Labute approximate surface area is 169 Å². The van der Waals surface area contributed by atoms with E-state index in [1.807, 2.05) is 30.3 Å². The van der Waals surface area contributed by atoms with Crippen molar-refractivity contribution in [2.75, 3.05) is 13.1 Å². The summed E-state index contributed by atoms with van der Waals surface area (Å²) >= 11 is 0. The van der Waals surface area contributed by atoms with Crippen molar-refractivity contribution in [1.29, 1.82) is 0 Å². The Balaban J connectivity index is 0.00000139. The van der Waals surface area contributed by atoms with Crippen LogP contribution in [0.4, 0.5) is 4.79 Å². The highest BCUT2D eigenvalue weighted by molar-refractivity contribution is 5.84. The summed E-state index contributed by atoms with van der Waals surface area (Å²) < 4.78 is 0. The molecule has 0 fully saturated rings. The summed E-state index contributed by atoms with van der Waals surface area (Å²) in [5.74, 6) is -3.08. The smallest absolute Gasteiger partial charge is 0.326 e. The molecule has 2 amide bonds. The zero-order chi connectivity index (χ0) is 22.1. The summed E-state index contributed by atoms with van der Waals surface area (Å²) in [4.78, 5) is 42.2. The third-order valence-corrected chi connectivity index (χ3v) is 3.57. The highest BCUT2D eigenvalue weighted by Crippen LogP contribution is 2.02. The molecular formula is C19H29N3O7. The predicted molar refractivity (Wildman–Crippen MR) is 106 cm³/mol. The van der Waals surface area contributed by atoms with Crippen LogP contribution in [0.3, 0.4) is 0 Å².